The van der Waals surface area contributed by atoms with Crippen LogP contribution in [0, 0.1) is 12.3 Å². The van der Waals surface area contributed by atoms with Crippen molar-refractivity contribution < 1.29 is 9.47 Å². The third-order valence-electron chi connectivity index (χ3n) is 2.00. The number of rotatable bonds is 3. The van der Waals surface area contributed by atoms with E-state index in [0.717, 1.165) is 0 Å². The number of likely N-dealkylation sites (N-methyl/N-ethyl adjacent to an activating group) is 1. The zero-order valence-electron chi connectivity index (χ0n) is 7.38. The van der Waals surface area contributed by atoms with E-state index in [1.54, 1.807) is 0 Å². The summed E-state index contributed by atoms with van der Waals surface area (Å²) in [6, 6.07) is 0.218. The van der Waals surface area contributed by atoms with Crippen molar-refractivity contribution in [1.82, 2.24) is 5.32 Å². The number of hydrogen-bond acceptors (Lipinski definition) is 3. The Hall–Kier alpha value is -0.560. The van der Waals surface area contributed by atoms with Gasteiger partial charge < -0.3 is 14.8 Å². The van der Waals surface area contributed by atoms with Gasteiger partial charge in [0.05, 0.1) is 25.9 Å². The second-order valence-corrected chi connectivity index (χ2v) is 2.79. The summed E-state index contributed by atoms with van der Waals surface area (Å²) in [5.74, 6) is 2.62. The van der Waals surface area contributed by atoms with Crippen LogP contribution in [0.25, 0.3) is 0 Å². The van der Waals surface area contributed by atoms with Gasteiger partial charge in [-0.05, 0) is 7.05 Å². The van der Waals surface area contributed by atoms with Gasteiger partial charge in [-0.2, -0.15) is 0 Å². The van der Waals surface area contributed by atoms with Gasteiger partial charge in [-0.3, -0.25) is 0 Å². The highest BCUT2D eigenvalue weighted by Crippen LogP contribution is 2.07. The summed E-state index contributed by atoms with van der Waals surface area (Å²) in [6.45, 7) is 2.02. The van der Waals surface area contributed by atoms with Gasteiger partial charge in [0.15, 0.2) is 0 Å². The molecule has 1 aliphatic rings. The fourth-order valence-electron chi connectivity index (χ4n) is 1.28. The summed E-state index contributed by atoms with van der Waals surface area (Å²) in [5.41, 5.74) is 0. The van der Waals surface area contributed by atoms with Crippen molar-refractivity contribution in [2.45, 2.75) is 18.6 Å². The lowest BCUT2D eigenvalue weighted by Gasteiger charge is -2.29. The summed E-state index contributed by atoms with van der Waals surface area (Å²) in [4.78, 5) is 0. The van der Waals surface area contributed by atoms with Crippen molar-refractivity contribution in [3.63, 3.8) is 0 Å². The molecule has 1 aliphatic heterocycles. The van der Waals surface area contributed by atoms with Gasteiger partial charge in [0.2, 0.25) is 0 Å². The van der Waals surface area contributed by atoms with Crippen LogP contribution in [0.2, 0.25) is 0 Å². The summed E-state index contributed by atoms with van der Waals surface area (Å²) in [7, 11) is 1.89. The van der Waals surface area contributed by atoms with Crippen molar-refractivity contribution in [3.05, 3.63) is 0 Å². The molecule has 1 heterocycles. The van der Waals surface area contributed by atoms with E-state index in [2.05, 4.69) is 11.2 Å². The lowest BCUT2D eigenvalue weighted by atomic mass is 10.1. The number of nitrogens with one attached hydrogen (secondary N) is 1. The SMILES string of the molecule is C#CCC(NC)C1COCCO1. The van der Waals surface area contributed by atoms with Crippen LogP contribution in [-0.2, 0) is 9.47 Å². The monoisotopic (exact) mass is 169 g/mol. The topological polar surface area (TPSA) is 30.5 Å². The lowest BCUT2D eigenvalue weighted by molar-refractivity contribution is -0.0999. The molecular weight excluding hydrogens is 154 g/mol. The van der Waals surface area contributed by atoms with Crippen LogP contribution in [-0.4, -0.2) is 39.0 Å². The smallest absolute Gasteiger partial charge is 0.0971 e. The van der Waals surface area contributed by atoms with Crippen molar-refractivity contribution in [2.24, 2.45) is 0 Å². The Morgan fingerprint density at radius 1 is 1.67 bits per heavy atom. The van der Waals surface area contributed by atoms with E-state index < -0.39 is 0 Å². The normalized spacial score (nSPS) is 26.2. The molecule has 3 nitrogen and oxygen atoms in total. The minimum Gasteiger partial charge on any atom is -0.376 e. The zero-order chi connectivity index (χ0) is 8.81. The van der Waals surface area contributed by atoms with Gasteiger partial charge >= 0.3 is 0 Å². The molecule has 0 radical (unpaired) electrons. The first-order chi connectivity index (χ1) is 5.88. The van der Waals surface area contributed by atoms with Crippen molar-refractivity contribution >= 4 is 0 Å². The van der Waals surface area contributed by atoms with E-state index in [4.69, 9.17) is 15.9 Å². The molecule has 1 saturated heterocycles. The van der Waals surface area contributed by atoms with E-state index in [1.807, 2.05) is 7.05 Å². The summed E-state index contributed by atoms with van der Waals surface area (Å²) < 4.78 is 10.8. The average Bonchev–Trinajstić information content (AvgIpc) is 2.15. The minimum atomic E-state index is 0.111. The standard InChI is InChI=1S/C9H15NO2/c1-3-4-8(10-2)9-7-11-5-6-12-9/h1,8-10H,4-7H2,2H3. The second kappa shape index (κ2) is 5.15. The number of ether oxygens (including phenoxy) is 2. The van der Waals surface area contributed by atoms with Crippen LogP contribution >= 0.6 is 0 Å². The van der Waals surface area contributed by atoms with Crippen LogP contribution in [0.1, 0.15) is 6.42 Å². The predicted octanol–water partition coefficient (Wildman–Crippen LogP) is 0.0131. The van der Waals surface area contributed by atoms with Gasteiger partial charge in [-0.1, -0.05) is 0 Å². The molecule has 1 rings (SSSR count). The molecule has 2 atom stereocenters. The molecule has 0 bridgehead atoms. The molecule has 0 aliphatic carbocycles. The minimum absolute atomic E-state index is 0.111. The van der Waals surface area contributed by atoms with Crippen molar-refractivity contribution in [1.29, 1.82) is 0 Å². The molecule has 1 N–H and O–H groups in total. The molecular formula is C9H15NO2. The fraction of sp³-hybridized carbons (Fsp3) is 0.778. The first-order valence-electron chi connectivity index (χ1n) is 4.18. The zero-order valence-corrected chi connectivity index (χ0v) is 7.38. The summed E-state index contributed by atoms with van der Waals surface area (Å²) in [5, 5.41) is 3.13. The highest BCUT2D eigenvalue weighted by Gasteiger charge is 2.22. The Morgan fingerprint density at radius 2 is 2.50 bits per heavy atom. The molecule has 0 saturated carbocycles. The highest BCUT2D eigenvalue weighted by molar-refractivity contribution is 4.93. The van der Waals surface area contributed by atoms with E-state index in [-0.39, 0.29) is 12.1 Å². The third kappa shape index (κ3) is 2.49. The van der Waals surface area contributed by atoms with Crippen molar-refractivity contribution in [3.8, 4) is 12.3 Å². The van der Waals surface area contributed by atoms with Gasteiger partial charge in [-0.15, -0.1) is 12.3 Å². The molecule has 0 spiro atoms. The number of terminal acetylenes is 1. The maximum Gasteiger partial charge on any atom is 0.0971 e. The molecule has 68 valence electrons. The Bertz CT molecular complexity index is 158. The Morgan fingerprint density at radius 3 is 3.00 bits per heavy atom. The largest absolute Gasteiger partial charge is 0.376 e. The third-order valence-corrected chi connectivity index (χ3v) is 2.00. The van der Waals surface area contributed by atoms with Crippen LogP contribution in [0.3, 0.4) is 0 Å². The predicted molar refractivity (Wildman–Crippen MR) is 46.9 cm³/mol. The van der Waals surface area contributed by atoms with Crippen molar-refractivity contribution in [2.75, 3.05) is 26.9 Å². The average molecular weight is 169 g/mol. The molecule has 0 aromatic heterocycles. The Balaban J connectivity index is 2.36. The Labute approximate surface area is 73.4 Å². The molecule has 0 aromatic rings. The van der Waals surface area contributed by atoms with Crippen LogP contribution < -0.4 is 5.32 Å². The van der Waals surface area contributed by atoms with Crippen LogP contribution in [0.5, 0.6) is 0 Å². The Kier molecular flexibility index (Phi) is 4.09. The quantitative estimate of drug-likeness (QED) is 0.604. The fourth-order valence-corrected chi connectivity index (χ4v) is 1.28. The first-order valence-corrected chi connectivity index (χ1v) is 4.18. The molecule has 3 heteroatoms. The van der Waals surface area contributed by atoms with Gasteiger partial charge in [0, 0.05) is 12.5 Å². The molecule has 0 amide bonds. The maximum absolute atomic E-state index is 5.50. The van der Waals surface area contributed by atoms with E-state index in [1.165, 1.54) is 0 Å². The molecule has 1 fully saturated rings. The highest BCUT2D eigenvalue weighted by atomic mass is 16.6. The second-order valence-electron chi connectivity index (χ2n) is 2.79. The van der Waals surface area contributed by atoms with Crippen LogP contribution in [0.15, 0.2) is 0 Å². The maximum atomic E-state index is 5.50. The molecule has 0 aromatic carbocycles. The first kappa shape index (κ1) is 9.53. The van der Waals surface area contributed by atoms with E-state index in [9.17, 15) is 0 Å². The van der Waals surface area contributed by atoms with E-state index in [0.29, 0.717) is 26.2 Å². The molecule has 2 unspecified atom stereocenters. The van der Waals surface area contributed by atoms with Gasteiger partial charge in [0.1, 0.15) is 0 Å². The summed E-state index contributed by atoms with van der Waals surface area (Å²) in [6.07, 6.45) is 6.02. The number of hydrogen-bond donors (Lipinski definition) is 1. The summed E-state index contributed by atoms with van der Waals surface area (Å²) >= 11 is 0. The van der Waals surface area contributed by atoms with Crippen LogP contribution in [0.4, 0.5) is 0 Å². The van der Waals surface area contributed by atoms with Gasteiger partial charge in [0.25, 0.3) is 0 Å². The van der Waals surface area contributed by atoms with E-state index >= 15 is 0 Å². The van der Waals surface area contributed by atoms with Gasteiger partial charge in [-0.25, -0.2) is 0 Å². The molecule has 12 heavy (non-hydrogen) atoms. The lowest BCUT2D eigenvalue weighted by Crippen LogP contribution is -2.45.